The fourth-order valence-electron chi connectivity index (χ4n) is 3.61. The molecule has 2 rings (SSSR count). The summed E-state index contributed by atoms with van der Waals surface area (Å²) in [6, 6.07) is 7.14. The number of nitrogens with zero attached hydrogens (tertiary/aromatic N) is 1. The molecule has 0 spiro atoms. The molecular weight excluding hydrogens is 449 g/mol. The number of halogens is 3. The summed E-state index contributed by atoms with van der Waals surface area (Å²) in [4.78, 5) is 13.6. The second-order valence-corrected chi connectivity index (χ2v) is 7.45. The van der Waals surface area contributed by atoms with Gasteiger partial charge in [0.2, 0.25) is 5.91 Å². The number of carbonyl (C=O) groups is 1. The van der Waals surface area contributed by atoms with Gasteiger partial charge in [-0.2, -0.15) is 0 Å². The molecule has 0 aliphatic carbocycles. The highest BCUT2D eigenvalue weighted by molar-refractivity contribution is 5.87. The van der Waals surface area contributed by atoms with Crippen LogP contribution in [0.4, 0.5) is 18.9 Å². The van der Waals surface area contributed by atoms with Crippen LogP contribution >= 0.6 is 0 Å². The van der Waals surface area contributed by atoms with E-state index in [-0.39, 0.29) is 12.3 Å². The van der Waals surface area contributed by atoms with Crippen molar-refractivity contribution in [1.29, 1.82) is 0 Å². The van der Waals surface area contributed by atoms with Crippen LogP contribution in [-0.4, -0.2) is 42.7 Å². The van der Waals surface area contributed by atoms with E-state index >= 15 is 0 Å². The lowest BCUT2D eigenvalue weighted by molar-refractivity contribution is -0.274. The topological polar surface area (TPSA) is 82.0 Å². The second-order valence-electron chi connectivity index (χ2n) is 7.45. The fourth-order valence-corrected chi connectivity index (χ4v) is 3.61. The first-order chi connectivity index (χ1) is 16.0. The Bertz CT molecular complexity index is 1090. The molecule has 0 fully saturated rings. The Morgan fingerprint density at radius 2 is 1.97 bits per heavy atom. The lowest BCUT2D eigenvalue weighted by Gasteiger charge is -2.29. The van der Waals surface area contributed by atoms with Crippen molar-refractivity contribution in [3.63, 3.8) is 0 Å². The van der Waals surface area contributed by atoms with E-state index < -0.39 is 25.0 Å². The van der Waals surface area contributed by atoms with E-state index in [9.17, 15) is 28.2 Å². The van der Waals surface area contributed by atoms with Gasteiger partial charge in [-0.05, 0) is 60.4 Å². The number of aliphatic hydroxyl groups is 2. The standard InChI is InChI=1S/C25H27F3N2O4/c1-5-7-12-30(4)24-16(3)20(17-8-10-19(11-9-17)34-25(26,27)28)13-18(14-29-22(33)6-2)23(24)21(32)15-31/h6,8-11,13,21,31-32H,2,12,14-15H2,1,3-4H3,(H,29,33). The van der Waals surface area contributed by atoms with Crippen LogP contribution in [0.25, 0.3) is 11.1 Å². The first-order valence-corrected chi connectivity index (χ1v) is 10.3. The van der Waals surface area contributed by atoms with Crippen LogP contribution < -0.4 is 15.0 Å². The van der Waals surface area contributed by atoms with Crippen LogP contribution in [0.1, 0.15) is 29.7 Å². The van der Waals surface area contributed by atoms with Gasteiger partial charge in [0.15, 0.2) is 0 Å². The number of nitrogens with one attached hydrogen (secondary N) is 1. The molecule has 9 heteroatoms. The van der Waals surface area contributed by atoms with Gasteiger partial charge in [0.05, 0.1) is 13.2 Å². The minimum Gasteiger partial charge on any atom is -0.406 e. The van der Waals surface area contributed by atoms with Gasteiger partial charge < -0.3 is 25.2 Å². The molecule has 2 aromatic carbocycles. The van der Waals surface area contributed by atoms with Gasteiger partial charge >= 0.3 is 6.36 Å². The summed E-state index contributed by atoms with van der Waals surface area (Å²) < 4.78 is 41.6. The highest BCUT2D eigenvalue weighted by Crippen LogP contribution is 2.39. The summed E-state index contributed by atoms with van der Waals surface area (Å²) >= 11 is 0. The normalized spacial score (nSPS) is 11.8. The van der Waals surface area contributed by atoms with Crippen LogP contribution in [0.15, 0.2) is 43.0 Å². The molecular formula is C25H27F3N2O4. The molecule has 0 aliphatic rings. The molecule has 1 amide bonds. The SMILES string of the molecule is C=CC(=O)NCc1cc(-c2ccc(OC(F)(F)F)cc2)c(C)c(N(C)CC#CC)c1C(O)CO. The van der Waals surface area contributed by atoms with E-state index in [1.54, 1.807) is 27.0 Å². The largest absolute Gasteiger partial charge is 0.573 e. The predicted molar refractivity (Wildman–Crippen MR) is 124 cm³/mol. The van der Waals surface area contributed by atoms with Crippen LogP contribution in [-0.2, 0) is 11.3 Å². The second kappa shape index (κ2) is 11.6. The van der Waals surface area contributed by atoms with E-state index in [0.29, 0.717) is 40.0 Å². The summed E-state index contributed by atoms with van der Waals surface area (Å²) in [5.41, 5.74) is 3.53. The molecule has 6 nitrogen and oxygen atoms in total. The Balaban J connectivity index is 2.71. The number of anilines is 1. The van der Waals surface area contributed by atoms with Gasteiger partial charge in [-0.1, -0.05) is 24.6 Å². The molecule has 1 atom stereocenters. The van der Waals surface area contributed by atoms with E-state index in [2.05, 4.69) is 28.5 Å². The number of benzene rings is 2. The van der Waals surface area contributed by atoms with E-state index in [1.807, 2.05) is 4.90 Å². The van der Waals surface area contributed by atoms with E-state index in [0.717, 1.165) is 6.08 Å². The number of carbonyl (C=O) groups excluding carboxylic acids is 1. The van der Waals surface area contributed by atoms with Crippen molar-refractivity contribution in [3.05, 3.63) is 59.7 Å². The zero-order chi connectivity index (χ0) is 25.5. The Morgan fingerprint density at radius 3 is 2.50 bits per heavy atom. The maximum Gasteiger partial charge on any atom is 0.573 e. The average Bonchev–Trinajstić information content (AvgIpc) is 2.80. The van der Waals surface area contributed by atoms with Gasteiger partial charge in [0.25, 0.3) is 0 Å². The number of aliphatic hydroxyl groups excluding tert-OH is 2. The molecule has 182 valence electrons. The molecule has 0 aliphatic heterocycles. The third kappa shape index (κ3) is 6.76. The van der Waals surface area contributed by atoms with Crippen molar-refractivity contribution in [1.82, 2.24) is 5.32 Å². The highest BCUT2D eigenvalue weighted by Gasteiger charge is 2.31. The fraction of sp³-hybridized carbons (Fsp3) is 0.320. The van der Waals surface area contributed by atoms with Gasteiger partial charge in [0.1, 0.15) is 11.9 Å². The van der Waals surface area contributed by atoms with Gasteiger partial charge in [-0.25, -0.2) is 0 Å². The predicted octanol–water partition coefficient (Wildman–Crippen LogP) is 3.85. The summed E-state index contributed by atoms with van der Waals surface area (Å²) in [6.45, 7) is 6.72. The maximum absolute atomic E-state index is 12.5. The van der Waals surface area contributed by atoms with Crippen LogP contribution in [0, 0.1) is 18.8 Å². The number of hydrogen-bond acceptors (Lipinski definition) is 5. The molecule has 0 saturated carbocycles. The lowest BCUT2D eigenvalue weighted by atomic mass is 9.89. The minimum atomic E-state index is -4.80. The van der Waals surface area contributed by atoms with E-state index in [4.69, 9.17) is 0 Å². The van der Waals surface area contributed by atoms with Crippen molar-refractivity contribution in [3.8, 4) is 28.7 Å². The summed E-state index contributed by atoms with van der Waals surface area (Å²) in [5, 5.41) is 23.0. The molecule has 0 saturated heterocycles. The summed E-state index contributed by atoms with van der Waals surface area (Å²) in [7, 11) is 1.77. The Hall–Kier alpha value is -3.48. The van der Waals surface area contributed by atoms with Gasteiger partial charge in [0, 0.05) is 24.8 Å². The van der Waals surface area contributed by atoms with E-state index in [1.165, 1.54) is 24.3 Å². The number of amides is 1. The molecule has 34 heavy (non-hydrogen) atoms. The Kier molecular flexibility index (Phi) is 9.12. The monoisotopic (exact) mass is 476 g/mol. The Morgan fingerprint density at radius 1 is 1.32 bits per heavy atom. The van der Waals surface area contributed by atoms with Crippen LogP contribution in [0.2, 0.25) is 0 Å². The van der Waals surface area contributed by atoms with Crippen LogP contribution in [0.3, 0.4) is 0 Å². The molecule has 0 bridgehead atoms. The number of alkyl halides is 3. The van der Waals surface area contributed by atoms with Crippen molar-refractivity contribution < 1.29 is 32.9 Å². The molecule has 2 aromatic rings. The van der Waals surface area contributed by atoms with Crippen molar-refractivity contribution in [2.75, 3.05) is 25.1 Å². The zero-order valence-corrected chi connectivity index (χ0v) is 19.2. The summed E-state index contributed by atoms with van der Waals surface area (Å²) in [6.07, 6.45) is -4.93. The lowest BCUT2D eigenvalue weighted by Crippen LogP contribution is -2.26. The molecule has 0 heterocycles. The first kappa shape index (κ1) is 26.8. The third-order valence-corrected chi connectivity index (χ3v) is 5.10. The van der Waals surface area contributed by atoms with Crippen LogP contribution in [0.5, 0.6) is 5.75 Å². The quantitative estimate of drug-likeness (QED) is 0.378. The molecule has 1 unspecified atom stereocenters. The van der Waals surface area contributed by atoms with Crippen molar-refractivity contribution in [2.24, 2.45) is 0 Å². The number of ether oxygens (including phenoxy) is 1. The van der Waals surface area contributed by atoms with Gasteiger partial charge in [-0.15, -0.1) is 19.1 Å². The molecule has 3 N–H and O–H groups in total. The smallest absolute Gasteiger partial charge is 0.406 e. The highest BCUT2D eigenvalue weighted by atomic mass is 19.4. The van der Waals surface area contributed by atoms with Crippen molar-refractivity contribution >= 4 is 11.6 Å². The number of hydrogen-bond donors (Lipinski definition) is 3. The van der Waals surface area contributed by atoms with Gasteiger partial charge in [-0.3, -0.25) is 4.79 Å². The molecule has 0 radical (unpaired) electrons. The summed E-state index contributed by atoms with van der Waals surface area (Å²) in [5.74, 6) is 4.98. The van der Waals surface area contributed by atoms with Crippen molar-refractivity contribution in [2.45, 2.75) is 32.9 Å². The third-order valence-electron chi connectivity index (χ3n) is 5.10. The Labute approximate surface area is 196 Å². The maximum atomic E-state index is 12.5. The minimum absolute atomic E-state index is 0.0279. The first-order valence-electron chi connectivity index (χ1n) is 10.3. The molecule has 0 aromatic heterocycles. The zero-order valence-electron chi connectivity index (χ0n) is 19.2. The average molecular weight is 476 g/mol. The number of rotatable bonds is 9.